The average molecular weight is 179 g/mol. The van der Waals surface area contributed by atoms with Gasteiger partial charge in [-0.25, -0.2) is 0 Å². The van der Waals surface area contributed by atoms with Gasteiger partial charge in [0.2, 0.25) is 0 Å². The third-order valence-electron chi connectivity index (χ3n) is 1.54. The number of azide groups is 1. The normalized spacial score (nSPS) is 9.08. The highest BCUT2D eigenvalue weighted by Crippen LogP contribution is 2.13. The molecule has 0 fully saturated rings. The first-order valence-electron chi connectivity index (χ1n) is 3.62. The number of hydrogen-bond acceptors (Lipinski definition) is 2. The van der Waals surface area contributed by atoms with Gasteiger partial charge in [-0.15, -0.1) is 12.6 Å². The summed E-state index contributed by atoms with van der Waals surface area (Å²) >= 11 is 4.27. The molecule has 0 bridgehead atoms. The zero-order chi connectivity index (χ0) is 8.81. The summed E-state index contributed by atoms with van der Waals surface area (Å²) in [7, 11) is 0. The van der Waals surface area contributed by atoms with E-state index >= 15 is 0 Å². The van der Waals surface area contributed by atoms with Gasteiger partial charge in [-0.2, -0.15) is 0 Å². The second-order valence-electron chi connectivity index (χ2n) is 2.33. The number of benzene rings is 1. The van der Waals surface area contributed by atoms with Gasteiger partial charge in [-0.05, 0) is 23.6 Å². The molecule has 0 heterocycles. The minimum absolute atomic E-state index is 0.494. The molecule has 62 valence electrons. The van der Waals surface area contributed by atoms with Gasteiger partial charge in [0.15, 0.2) is 0 Å². The van der Waals surface area contributed by atoms with Crippen LogP contribution < -0.4 is 0 Å². The summed E-state index contributed by atoms with van der Waals surface area (Å²) in [6.45, 7) is 0.494. The van der Waals surface area contributed by atoms with Crippen molar-refractivity contribution in [1.82, 2.24) is 0 Å². The SMILES string of the molecule is [N-]=[N+]=NCCc1ccccc1S. The van der Waals surface area contributed by atoms with Crippen LogP contribution >= 0.6 is 12.6 Å². The third kappa shape index (κ3) is 2.49. The van der Waals surface area contributed by atoms with Gasteiger partial charge in [0.25, 0.3) is 0 Å². The van der Waals surface area contributed by atoms with Crippen LogP contribution in [0, 0.1) is 0 Å². The number of hydrogen-bond donors (Lipinski definition) is 1. The summed E-state index contributed by atoms with van der Waals surface area (Å²) in [6, 6.07) is 7.79. The molecule has 0 amide bonds. The molecule has 0 unspecified atom stereocenters. The van der Waals surface area contributed by atoms with Crippen LogP contribution in [0.2, 0.25) is 0 Å². The Hall–Kier alpha value is -1.12. The second kappa shape index (κ2) is 4.70. The molecule has 0 saturated heterocycles. The molecule has 0 aliphatic carbocycles. The van der Waals surface area contributed by atoms with Crippen molar-refractivity contribution in [2.75, 3.05) is 6.54 Å². The van der Waals surface area contributed by atoms with E-state index in [0.29, 0.717) is 6.54 Å². The summed E-state index contributed by atoms with van der Waals surface area (Å²) in [6.07, 6.45) is 0.754. The van der Waals surface area contributed by atoms with Crippen LogP contribution in [0.1, 0.15) is 5.56 Å². The molecule has 3 nitrogen and oxygen atoms in total. The summed E-state index contributed by atoms with van der Waals surface area (Å²) in [5, 5.41) is 3.45. The molecular weight excluding hydrogens is 170 g/mol. The molecule has 0 atom stereocenters. The Labute approximate surface area is 76.5 Å². The lowest BCUT2D eigenvalue weighted by Crippen LogP contribution is -1.89. The molecule has 1 rings (SSSR count). The van der Waals surface area contributed by atoms with Crippen LogP contribution in [0.15, 0.2) is 34.3 Å². The lowest BCUT2D eigenvalue weighted by molar-refractivity contribution is 0.935. The van der Waals surface area contributed by atoms with E-state index in [9.17, 15) is 0 Å². The van der Waals surface area contributed by atoms with Gasteiger partial charge in [-0.3, -0.25) is 0 Å². The average Bonchev–Trinajstić information content (AvgIpc) is 2.09. The molecule has 1 aromatic rings. The van der Waals surface area contributed by atoms with Crippen LogP contribution in [0.4, 0.5) is 0 Å². The zero-order valence-corrected chi connectivity index (χ0v) is 7.41. The first-order valence-corrected chi connectivity index (χ1v) is 4.07. The van der Waals surface area contributed by atoms with Crippen LogP contribution in [0.3, 0.4) is 0 Å². The van der Waals surface area contributed by atoms with E-state index in [0.717, 1.165) is 16.9 Å². The first-order chi connectivity index (χ1) is 5.84. The maximum atomic E-state index is 8.05. The molecule has 0 aliphatic heterocycles. The fourth-order valence-corrected chi connectivity index (χ4v) is 1.21. The molecule has 0 saturated carbocycles. The molecule has 12 heavy (non-hydrogen) atoms. The van der Waals surface area contributed by atoms with Crippen LogP contribution in [0.25, 0.3) is 10.4 Å². The summed E-state index contributed by atoms with van der Waals surface area (Å²) in [5.41, 5.74) is 9.17. The number of rotatable bonds is 3. The molecule has 0 spiro atoms. The highest BCUT2D eigenvalue weighted by molar-refractivity contribution is 7.80. The highest BCUT2D eigenvalue weighted by Gasteiger charge is 1.94. The fraction of sp³-hybridized carbons (Fsp3) is 0.250. The highest BCUT2D eigenvalue weighted by atomic mass is 32.1. The maximum absolute atomic E-state index is 8.05. The van der Waals surface area contributed by atoms with E-state index in [1.54, 1.807) is 0 Å². The smallest absolute Gasteiger partial charge is 0.0298 e. The minimum atomic E-state index is 0.494. The number of thiol groups is 1. The van der Waals surface area contributed by atoms with Gasteiger partial charge in [0.1, 0.15) is 0 Å². The van der Waals surface area contributed by atoms with E-state index in [1.807, 2.05) is 24.3 Å². The van der Waals surface area contributed by atoms with E-state index in [-0.39, 0.29) is 0 Å². The third-order valence-corrected chi connectivity index (χ3v) is 1.97. The lowest BCUT2D eigenvalue weighted by atomic mass is 10.1. The van der Waals surface area contributed by atoms with Crippen molar-refractivity contribution in [2.45, 2.75) is 11.3 Å². The Morgan fingerprint density at radius 1 is 1.42 bits per heavy atom. The molecule has 1 aromatic carbocycles. The molecular formula is C8H9N3S. The van der Waals surface area contributed by atoms with E-state index in [1.165, 1.54) is 0 Å². The summed E-state index contributed by atoms with van der Waals surface area (Å²) in [4.78, 5) is 3.63. The monoisotopic (exact) mass is 179 g/mol. The molecule has 0 radical (unpaired) electrons. The maximum Gasteiger partial charge on any atom is 0.0298 e. The fourth-order valence-electron chi connectivity index (χ4n) is 0.937. The van der Waals surface area contributed by atoms with Crippen molar-refractivity contribution in [2.24, 2.45) is 5.11 Å². The van der Waals surface area contributed by atoms with Crippen LogP contribution in [-0.4, -0.2) is 6.54 Å². The number of nitrogens with zero attached hydrogens (tertiary/aromatic N) is 3. The van der Waals surface area contributed by atoms with Crippen molar-refractivity contribution in [3.63, 3.8) is 0 Å². The van der Waals surface area contributed by atoms with E-state index < -0.39 is 0 Å². The predicted octanol–water partition coefficient (Wildman–Crippen LogP) is 2.83. The molecule has 4 heteroatoms. The van der Waals surface area contributed by atoms with Gasteiger partial charge >= 0.3 is 0 Å². The van der Waals surface area contributed by atoms with Crippen LogP contribution in [-0.2, 0) is 6.42 Å². The minimum Gasteiger partial charge on any atom is -0.143 e. The van der Waals surface area contributed by atoms with Crippen molar-refractivity contribution in [3.05, 3.63) is 40.3 Å². The standard InChI is InChI=1S/C8H9N3S/c9-11-10-6-5-7-3-1-2-4-8(7)12/h1-4,12H,5-6H2. The largest absolute Gasteiger partial charge is 0.143 e. The molecule has 0 aliphatic rings. The van der Waals surface area contributed by atoms with Gasteiger partial charge in [0, 0.05) is 16.4 Å². The van der Waals surface area contributed by atoms with E-state index in [4.69, 9.17) is 5.53 Å². The lowest BCUT2D eigenvalue weighted by Gasteiger charge is -2.00. The molecule has 0 aromatic heterocycles. The second-order valence-corrected chi connectivity index (χ2v) is 2.81. The Bertz CT molecular complexity index is 305. The molecule has 0 N–H and O–H groups in total. The topological polar surface area (TPSA) is 48.8 Å². The Morgan fingerprint density at radius 3 is 2.83 bits per heavy atom. The quantitative estimate of drug-likeness (QED) is 0.321. The zero-order valence-electron chi connectivity index (χ0n) is 6.51. The Kier molecular flexibility index (Phi) is 3.51. The Balaban J connectivity index is 2.62. The van der Waals surface area contributed by atoms with Crippen molar-refractivity contribution >= 4 is 12.6 Å². The van der Waals surface area contributed by atoms with Crippen molar-refractivity contribution in [1.29, 1.82) is 0 Å². The summed E-state index contributed by atoms with van der Waals surface area (Å²) < 4.78 is 0. The van der Waals surface area contributed by atoms with Crippen molar-refractivity contribution < 1.29 is 0 Å². The van der Waals surface area contributed by atoms with Crippen molar-refractivity contribution in [3.8, 4) is 0 Å². The summed E-state index contributed by atoms with van der Waals surface area (Å²) in [5.74, 6) is 0. The first kappa shape index (κ1) is 8.97. The van der Waals surface area contributed by atoms with Gasteiger partial charge in [0.05, 0.1) is 0 Å². The van der Waals surface area contributed by atoms with Gasteiger partial charge in [-0.1, -0.05) is 23.3 Å². The predicted molar refractivity (Wildman–Crippen MR) is 51.4 cm³/mol. The van der Waals surface area contributed by atoms with Gasteiger partial charge < -0.3 is 0 Å². The van der Waals surface area contributed by atoms with E-state index in [2.05, 4.69) is 22.7 Å². The Morgan fingerprint density at radius 2 is 2.17 bits per heavy atom. The van der Waals surface area contributed by atoms with Crippen LogP contribution in [0.5, 0.6) is 0 Å².